The first-order valence-electron chi connectivity index (χ1n) is 4.45. The Morgan fingerprint density at radius 3 is 2.79 bits per heavy atom. The van der Waals surface area contributed by atoms with Crippen molar-refractivity contribution in [1.82, 2.24) is 14.7 Å². The highest BCUT2D eigenvalue weighted by molar-refractivity contribution is 7.80. The predicted octanol–water partition coefficient (Wildman–Crippen LogP) is 0.446. The lowest BCUT2D eigenvalue weighted by Crippen LogP contribution is -2.29. The molecule has 0 amide bonds. The van der Waals surface area contributed by atoms with E-state index in [1.165, 1.54) is 5.69 Å². The van der Waals surface area contributed by atoms with Gasteiger partial charge in [0, 0.05) is 20.1 Å². The van der Waals surface area contributed by atoms with Crippen LogP contribution in [-0.2, 0) is 13.6 Å². The van der Waals surface area contributed by atoms with Crippen molar-refractivity contribution in [3.63, 3.8) is 0 Å². The van der Waals surface area contributed by atoms with Gasteiger partial charge >= 0.3 is 0 Å². The highest BCUT2D eigenvalue weighted by atomic mass is 32.1. The van der Waals surface area contributed by atoms with E-state index < -0.39 is 0 Å². The van der Waals surface area contributed by atoms with Crippen molar-refractivity contribution in [1.29, 1.82) is 0 Å². The molecule has 0 aliphatic rings. The van der Waals surface area contributed by atoms with Gasteiger partial charge in [-0.1, -0.05) is 12.2 Å². The number of nitrogens with two attached hydrogens (primary N) is 1. The van der Waals surface area contributed by atoms with Crippen LogP contribution in [0.3, 0.4) is 0 Å². The molecule has 0 spiro atoms. The summed E-state index contributed by atoms with van der Waals surface area (Å²) in [4.78, 5) is 2.59. The van der Waals surface area contributed by atoms with Crippen LogP contribution in [0.25, 0.3) is 0 Å². The molecule has 0 atom stereocenters. The Balaban J connectivity index is 2.59. The third-order valence-corrected chi connectivity index (χ3v) is 2.09. The molecule has 0 aromatic carbocycles. The Hall–Kier alpha value is -0.940. The summed E-state index contributed by atoms with van der Waals surface area (Å²) in [7, 11) is 3.93. The lowest BCUT2D eigenvalue weighted by molar-refractivity contribution is 0.362. The molecule has 5 heteroatoms. The second-order valence-electron chi connectivity index (χ2n) is 3.54. The largest absolute Gasteiger partial charge is 0.392 e. The maximum absolute atomic E-state index is 5.46. The van der Waals surface area contributed by atoms with E-state index in [-0.39, 0.29) is 0 Å². The van der Waals surface area contributed by atoms with Crippen LogP contribution in [0.1, 0.15) is 11.4 Å². The minimum atomic E-state index is 0.520. The monoisotopic (exact) mass is 212 g/mol. The Bertz CT molecular complexity index is 332. The molecule has 1 aromatic rings. The van der Waals surface area contributed by atoms with Crippen LogP contribution in [-0.4, -0.2) is 33.3 Å². The minimum absolute atomic E-state index is 0.520. The molecule has 1 aromatic heterocycles. The number of rotatable bonds is 4. The van der Waals surface area contributed by atoms with E-state index in [0.29, 0.717) is 11.5 Å². The van der Waals surface area contributed by atoms with Gasteiger partial charge in [-0.2, -0.15) is 5.10 Å². The minimum Gasteiger partial charge on any atom is -0.392 e. The number of likely N-dealkylation sites (N-methyl/N-ethyl adjacent to an activating group) is 1. The molecule has 0 saturated heterocycles. The Morgan fingerprint density at radius 2 is 2.36 bits per heavy atom. The number of thiocarbonyl (C=S) groups is 1. The maximum atomic E-state index is 5.46. The second-order valence-corrected chi connectivity index (χ2v) is 4.06. The van der Waals surface area contributed by atoms with Crippen LogP contribution in [0.4, 0.5) is 0 Å². The van der Waals surface area contributed by atoms with Gasteiger partial charge in [0.15, 0.2) is 0 Å². The van der Waals surface area contributed by atoms with Gasteiger partial charge in [0.2, 0.25) is 0 Å². The summed E-state index contributed by atoms with van der Waals surface area (Å²) in [6.45, 7) is 3.44. The lowest BCUT2D eigenvalue weighted by Gasteiger charge is -2.15. The fraction of sp³-hybridized carbons (Fsp3) is 0.556. The summed E-state index contributed by atoms with van der Waals surface area (Å²) in [6.07, 6.45) is 0. The zero-order valence-electron chi connectivity index (χ0n) is 8.82. The average Bonchev–Trinajstić information content (AvgIpc) is 2.28. The molecule has 14 heavy (non-hydrogen) atoms. The molecule has 0 bridgehead atoms. The van der Waals surface area contributed by atoms with Crippen LogP contribution in [0, 0.1) is 6.92 Å². The van der Waals surface area contributed by atoms with Gasteiger partial charge in [-0.05, 0) is 20.0 Å². The fourth-order valence-electron chi connectivity index (χ4n) is 1.41. The Kier molecular flexibility index (Phi) is 3.60. The lowest BCUT2D eigenvalue weighted by atomic mass is 10.3. The topological polar surface area (TPSA) is 47.1 Å². The zero-order chi connectivity index (χ0) is 10.7. The van der Waals surface area contributed by atoms with Crippen molar-refractivity contribution in [2.24, 2.45) is 12.8 Å². The molecule has 0 saturated carbocycles. The van der Waals surface area contributed by atoms with E-state index in [0.717, 1.165) is 12.2 Å². The van der Waals surface area contributed by atoms with Crippen LogP contribution in [0.2, 0.25) is 0 Å². The molecule has 4 nitrogen and oxygen atoms in total. The highest BCUT2D eigenvalue weighted by Gasteiger charge is 2.06. The predicted molar refractivity (Wildman–Crippen MR) is 61.1 cm³/mol. The Labute approximate surface area is 89.7 Å². The summed E-state index contributed by atoms with van der Waals surface area (Å²) in [5, 5.41) is 4.27. The molecular formula is C9H16N4S. The molecule has 0 fully saturated rings. The third kappa shape index (κ3) is 3.08. The van der Waals surface area contributed by atoms with Gasteiger partial charge < -0.3 is 5.73 Å². The average molecular weight is 212 g/mol. The van der Waals surface area contributed by atoms with Crippen molar-refractivity contribution in [3.8, 4) is 0 Å². The van der Waals surface area contributed by atoms with Crippen LogP contribution >= 0.6 is 12.2 Å². The third-order valence-electron chi connectivity index (χ3n) is 1.96. The molecule has 1 heterocycles. The van der Waals surface area contributed by atoms with E-state index in [4.69, 9.17) is 18.0 Å². The number of hydrogen-bond acceptors (Lipinski definition) is 3. The van der Waals surface area contributed by atoms with Crippen molar-refractivity contribution >= 4 is 17.2 Å². The molecule has 0 unspecified atom stereocenters. The van der Waals surface area contributed by atoms with Crippen molar-refractivity contribution in [2.75, 3.05) is 13.6 Å². The van der Waals surface area contributed by atoms with Crippen molar-refractivity contribution < 1.29 is 0 Å². The summed E-state index contributed by atoms with van der Waals surface area (Å²) in [5.41, 5.74) is 7.66. The molecule has 1 rings (SSSR count). The summed E-state index contributed by atoms with van der Waals surface area (Å²) in [6, 6.07) is 2.07. The maximum Gasteiger partial charge on any atom is 0.0870 e. The highest BCUT2D eigenvalue weighted by Crippen LogP contribution is 2.04. The second kappa shape index (κ2) is 4.52. The number of hydrogen-bond donors (Lipinski definition) is 1. The van der Waals surface area contributed by atoms with Gasteiger partial charge in [0.05, 0.1) is 16.4 Å². The zero-order valence-corrected chi connectivity index (χ0v) is 9.64. The summed E-state index contributed by atoms with van der Waals surface area (Å²) in [5.74, 6) is 0. The molecule has 0 aliphatic heterocycles. The van der Waals surface area contributed by atoms with E-state index in [2.05, 4.69) is 16.1 Å². The summed E-state index contributed by atoms with van der Waals surface area (Å²) >= 11 is 4.84. The van der Waals surface area contributed by atoms with Crippen molar-refractivity contribution in [2.45, 2.75) is 13.5 Å². The first-order valence-corrected chi connectivity index (χ1v) is 4.86. The number of nitrogens with zero attached hydrogens (tertiary/aromatic N) is 3. The van der Waals surface area contributed by atoms with Crippen molar-refractivity contribution in [3.05, 3.63) is 17.5 Å². The van der Waals surface area contributed by atoms with E-state index >= 15 is 0 Å². The number of aromatic nitrogens is 2. The molecule has 2 N–H and O–H groups in total. The van der Waals surface area contributed by atoms with E-state index in [9.17, 15) is 0 Å². The number of aryl methyl sites for hydroxylation is 2. The molecule has 0 radical (unpaired) electrons. The van der Waals surface area contributed by atoms with Gasteiger partial charge in [0.1, 0.15) is 0 Å². The molecule has 0 aliphatic carbocycles. The normalized spacial score (nSPS) is 10.9. The summed E-state index contributed by atoms with van der Waals surface area (Å²) < 4.78 is 1.88. The van der Waals surface area contributed by atoms with Gasteiger partial charge in [-0.25, -0.2) is 0 Å². The van der Waals surface area contributed by atoms with Crippen LogP contribution in [0.5, 0.6) is 0 Å². The van der Waals surface area contributed by atoms with Gasteiger partial charge in [-0.3, -0.25) is 9.58 Å². The first-order chi connectivity index (χ1) is 6.49. The van der Waals surface area contributed by atoms with Crippen LogP contribution < -0.4 is 5.73 Å². The molecule has 78 valence electrons. The SMILES string of the molecule is Cc1cc(CN(C)CC(N)=S)n(C)n1. The van der Waals surface area contributed by atoms with E-state index in [1.807, 2.05) is 25.7 Å². The first kappa shape index (κ1) is 11.1. The Morgan fingerprint density at radius 1 is 1.71 bits per heavy atom. The van der Waals surface area contributed by atoms with Gasteiger partial charge in [0.25, 0.3) is 0 Å². The quantitative estimate of drug-likeness (QED) is 0.736. The van der Waals surface area contributed by atoms with Gasteiger partial charge in [-0.15, -0.1) is 0 Å². The standard InChI is InChI=1S/C9H16N4S/c1-7-4-8(13(3)11-7)5-12(2)6-9(10)14/h4H,5-6H2,1-3H3,(H2,10,14). The van der Waals surface area contributed by atoms with E-state index in [1.54, 1.807) is 0 Å². The molecular weight excluding hydrogens is 196 g/mol. The fourth-order valence-corrected chi connectivity index (χ4v) is 1.63. The van der Waals surface area contributed by atoms with Crippen LogP contribution in [0.15, 0.2) is 6.07 Å². The smallest absolute Gasteiger partial charge is 0.0870 e.